The fourth-order valence-corrected chi connectivity index (χ4v) is 3.88. The smallest absolute Gasteiger partial charge is 0.209 e. The van der Waals surface area contributed by atoms with Gasteiger partial charge in [-0.1, -0.05) is 71.1 Å². The molecule has 1 heterocycles. The van der Waals surface area contributed by atoms with Crippen LogP contribution < -0.4 is 10.6 Å². The Hall–Kier alpha value is -2.68. The molecule has 1 aromatic carbocycles. The van der Waals surface area contributed by atoms with Gasteiger partial charge in [0.25, 0.3) is 0 Å². The number of nitriles is 1. The molecule has 0 aliphatic rings. The molecule has 0 saturated carbocycles. The number of fused-ring (bicyclic) bond motifs is 1. The number of guanidine groups is 1. The van der Waals surface area contributed by atoms with Crippen LogP contribution in [0, 0.1) is 11.5 Å². The second kappa shape index (κ2) is 15.2. The summed E-state index contributed by atoms with van der Waals surface area (Å²) >= 11 is 0. The van der Waals surface area contributed by atoms with Gasteiger partial charge in [0.1, 0.15) is 5.75 Å². The summed E-state index contributed by atoms with van der Waals surface area (Å²) in [6, 6.07) is 5.33. The second-order valence-corrected chi connectivity index (χ2v) is 8.24. The van der Waals surface area contributed by atoms with Gasteiger partial charge in [0.15, 0.2) is 0 Å². The average molecular weight is 426 g/mol. The molecular weight excluding hydrogens is 386 g/mol. The third kappa shape index (κ3) is 9.78. The molecule has 0 saturated heterocycles. The molecule has 6 heteroatoms. The minimum Gasteiger partial charge on any atom is -0.508 e. The number of aromatic amines is 1. The maximum atomic E-state index is 9.70. The Morgan fingerprint density at radius 2 is 1.61 bits per heavy atom. The zero-order valence-electron chi connectivity index (χ0n) is 19.1. The lowest BCUT2D eigenvalue weighted by atomic mass is 10.1. The van der Waals surface area contributed by atoms with Crippen LogP contribution in [0.25, 0.3) is 10.9 Å². The fourth-order valence-electron chi connectivity index (χ4n) is 3.88. The van der Waals surface area contributed by atoms with E-state index in [-0.39, 0.29) is 5.75 Å². The number of phenols is 1. The summed E-state index contributed by atoms with van der Waals surface area (Å²) in [6.45, 7) is 3.75. The number of nitrogens with zero attached hydrogens (tertiary/aromatic N) is 2. The number of hydrogen-bond donors (Lipinski definition) is 4. The number of phenolic OH excluding ortho intramolecular Hbond substituents is 1. The first kappa shape index (κ1) is 24.6. The molecule has 170 valence electrons. The Morgan fingerprint density at radius 3 is 2.29 bits per heavy atom. The van der Waals surface area contributed by atoms with Crippen molar-refractivity contribution in [3.63, 3.8) is 0 Å². The van der Waals surface area contributed by atoms with E-state index in [9.17, 15) is 5.11 Å². The number of aromatic nitrogens is 1. The van der Waals surface area contributed by atoms with Crippen LogP contribution >= 0.6 is 0 Å². The lowest BCUT2D eigenvalue weighted by Gasteiger charge is -2.11. The van der Waals surface area contributed by atoms with Crippen molar-refractivity contribution in [1.29, 1.82) is 5.26 Å². The zero-order valence-corrected chi connectivity index (χ0v) is 19.1. The van der Waals surface area contributed by atoms with E-state index in [1.165, 1.54) is 64.2 Å². The van der Waals surface area contributed by atoms with E-state index in [1.807, 2.05) is 18.5 Å². The molecule has 0 atom stereocenters. The van der Waals surface area contributed by atoms with Gasteiger partial charge in [-0.3, -0.25) is 0 Å². The van der Waals surface area contributed by atoms with Crippen molar-refractivity contribution < 1.29 is 5.11 Å². The van der Waals surface area contributed by atoms with Crippen molar-refractivity contribution in [2.75, 3.05) is 13.1 Å². The van der Waals surface area contributed by atoms with E-state index in [0.29, 0.717) is 12.5 Å². The molecule has 0 amide bonds. The molecule has 2 rings (SSSR count). The van der Waals surface area contributed by atoms with Crippen LogP contribution in [-0.4, -0.2) is 29.1 Å². The van der Waals surface area contributed by atoms with Gasteiger partial charge in [0.05, 0.1) is 0 Å². The number of aromatic hydroxyl groups is 1. The SMILES string of the molecule is CCCCCCCCCCCCCN/C(=N\C#N)NCCc1c[nH]c2ccc(O)cc12. The van der Waals surface area contributed by atoms with Crippen molar-refractivity contribution >= 4 is 16.9 Å². The number of aliphatic imine (C=N–C) groups is 1. The molecule has 2 aromatic rings. The molecule has 4 N–H and O–H groups in total. The van der Waals surface area contributed by atoms with Crippen LogP contribution in [0.2, 0.25) is 0 Å². The number of unbranched alkanes of at least 4 members (excludes halogenated alkanes) is 10. The summed E-state index contributed by atoms with van der Waals surface area (Å²) in [5.74, 6) is 0.805. The molecule has 0 aliphatic heterocycles. The van der Waals surface area contributed by atoms with Gasteiger partial charge >= 0.3 is 0 Å². The van der Waals surface area contributed by atoms with Gasteiger partial charge in [-0.25, -0.2) is 0 Å². The zero-order chi connectivity index (χ0) is 22.2. The standard InChI is InChI=1S/C25H39N5O/c1-2-3-4-5-6-7-8-9-10-11-12-16-27-25(30-20-26)28-17-15-21-19-29-24-14-13-22(31)18-23(21)24/h13-14,18-19,29,31H,2-12,15-17H2,1H3,(H2,27,28,30). The van der Waals surface area contributed by atoms with Crippen LogP contribution in [0.1, 0.15) is 83.1 Å². The minimum absolute atomic E-state index is 0.265. The van der Waals surface area contributed by atoms with Crippen LogP contribution in [-0.2, 0) is 6.42 Å². The Balaban J connectivity index is 1.55. The second-order valence-electron chi connectivity index (χ2n) is 8.24. The maximum absolute atomic E-state index is 9.70. The number of rotatable bonds is 15. The third-order valence-electron chi connectivity index (χ3n) is 5.67. The maximum Gasteiger partial charge on any atom is 0.209 e. The molecule has 0 spiro atoms. The summed E-state index contributed by atoms with van der Waals surface area (Å²) in [5, 5.41) is 26.1. The first-order chi connectivity index (χ1) is 15.2. The van der Waals surface area contributed by atoms with E-state index < -0.39 is 0 Å². The predicted molar refractivity (Wildman–Crippen MR) is 129 cm³/mol. The van der Waals surface area contributed by atoms with Gasteiger partial charge in [0, 0.05) is 30.2 Å². The topological polar surface area (TPSA) is 96.2 Å². The predicted octanol–water partition coefficient (Wildman–Crippen LogP) is 5.74. The first-order valence-electron chi connectivity index (χ1n) is 12.0. The molecule has 1 aromatic heterocycles. The summed E-state index contributed by atoms with van der Waals surface area (Å²) in [7, 11) is 0. The number of nitrogens with one attached hydrogen (secondary N) is 3. The normalized spacial score (nSPS) is 11.5. The highest BCUT2D eigenvalue weighted by molar-refractivity contribution is 5.85. The van der Waals surface area contributed by atoms with Crippen molar-refractivity contribution in [2.24, 2.45) is 4.99 Å². The molecule has 0 radical (unpaired) electrons. The molecule has 31 heavy (non-hydrogen) atoms. The number of hydrogen-bond acceptors (Lipinski definition) is 3. The van der Waals surface area contributed by atoms with E-state index >= 15 is 0 Å². The Labute approximate surface area is 187 Å². The summed E-state index contributed by atoms with van der Waals surface area (Å²) in [4.78, 5) is 7.08. The van der Waals surface area contributed by atoms with E-state index in [1.54, 1.807) is 12.1 Å². The monoisotopic (exact) mass is 425 g/mol. The van der Waals surface area contributed by atoms with Gasteiger partial charge in [0.2, 0.25) is 12.2 Å². The number of H-pyrrole nitrogens is 1. The van der Waals surface area contributed by atoms with Crippen LogP contribution in [0.4, 0.5) is 0 Å². The largest absolute Gasteiger partial charge is 0.508 e. The lowest BCUT2D eigenvalue weighted by Crippen LogP contribution is -2.38. The third-order valence-corrected chi connectivity index (χ3v) is 5.67. The highest BCUT2D eigenvalue weighted by Crippen LogP contribution is 2.23. The van der Waals surface area contributed by atoms with Gasteiger partial charge in [-0.05, 0) is 36.6 Å². The highest BCUT2D eigenvalue weighted by Gasteiger charge is 2.05. The van der Waals surface area contributed by atoms with E-state index in [2.05, 4.69) is 27.5 Å². The van der Waals surface area contributed by atoms with Crippen molar-refractivity contribution in [3.05, 3.63) is 30.0 Å². The first-order valence-corrected chi connectivity index (χ1v) is 12.0. The van der Waals surface area contributed by atoms with Crippen molar-refractivity contribution in [1.82, 2.24) is 15.6 Å². The van der Waals surface area contributed by atoms with Gasteiger partial charge < -0.3 is 20.7 Å². The molecule has 6 nitrogen and oxygen atoms in total. The molecule has 0 aliphatic carbocycles. The van der Waals surface area contributed by atoms with E-state index in [4.69, 9.17) is 5.26 Å². The summed E-state index contributed by atoms with van der Waals surface area (Å²) < 4.78 is 0. The summed E-state index contributed by atoms with van der Waals surface area (Å²) in [5.41, 5.74) is 2.13. The van der Waals surface area contributed by atoms with Crippen LogP contribution in [0.15, 0.2) is 29.4 Å². The van der Waals surface area contributed by atoms with Gasteiger partial charge in [-0.2, -0.15) is 5.26 Å². The van der Waals surface area contributed by atoms with Crippen molar-refractivity contribution in [2.45, 2.75) is 84.0 Å². The summed E-state index contributed by atoms with van der Waals surface area (Å²) in [6.07, 6.45) is 19.1. The minimum atomic E-state index is 0.265. The molecule has 0 fully saturated rings. The van der Waals surface area contributed by atoms with Crippen molar-refractivity contribution in [3.8, 4) is 11.9 Å². The number of benzene rings is 1. The van der Waals surface area contributed by atoms with Crippen LogP contribution in [0.5, 0.6) is 5.75 Å². The quantitative estimate of drug-likeness (QED) is 0.127. The lowest BCUT2D eigenvalue weighted by molar-refractivity contribution is 0.476. The van der Waals surface area contributed by atoms with Crippen LogP contribution in [0.3, 0.4) is 0 Å². The Bertz CT molecular complexity index is 821. The fraction of sp³-hybridized carbons (Fsp3) is 0.600. The van der Waals surface area contributed by atoms with Gasteiger partial charge in [-0.15, -0.1) is 4.99 Å². The molecule has 0 bridgehead atoms. The highest BCUT2D eigenvalue weighted by atomic mass is 16.3. The average Bonchev–Trinajstić information content (AvgIpc) is 3.16. The Morgan fingerprint density at radius 1 is 0.968 bits per heavy atom. The van der Waals surface area contributed by atoms with E-state index in [0.717, 1.165) is 35.9 Å². The molecule has 0 unspecified atom stereocenters. The Kier molecular flexibility index (Phi) is 12.0. The molecular formula is C25H39N5O.